The van der Waals surface area contributed by atoms with Gasteiger partial charge in [-0.25, -0.2) is 9.37 Å². The van der Waals surface area contributed by atoms with Crippen LogP contribution in [0, 0.1) is 0 Å². The molecule has 2 aromatic heterocycles. The molecular weight excluding hydrogens is 363 g/mol. The summed E-state index contributed by atoms with van der Waals surface area (Å²) in [5.74, 6) is 0.568. The Morgan fingerprint density at radius 1 is 1.19 bits per heavy atom. The molecule has 4 rings (SSSR count). The number of thiophene rings is 1. The van der Waals surface area contributed by atoms with Crippen LogP contribution in [-0.4, -0.2) is 29.9 Å². The van der Waals surface area contributed by atoms with E-state index < -0.39 is 6.67 Å². The van der Waals surface area contributed by atoms with Gasteiger partial charge >= 0.3 is 0 Å². The van der Waals surface area contributed by atoms with Gasteiger partial charge in [-0.1, -0.05) is 36.4 Å². The fraction of sp³-hybridized carbons (Fsp3) is 0.238. The third kappa shape index (κ3) is 3.26. The molecule has 27 heavy (non-hydrogen) atoms. The molecule has 138 valence electrons. The minimum Gasteiger partial charge on any atom is -0.384 e. The monoisotopic (exact) mass is 382 g/mol. The number of ether oxygens (including phenoxy) is 1. The van der Waals surface area contributed by atoms with Crippen LogP contribution >= 0.6 is 11.3 Å². The van der Waals surface area contributed by atoms with Crippen molar-refractivity contribution in [3.63, 3.8) is 0 Å². The summed E-state index contributed by atoms with van der Waals surface area (Å²) in [6.45, 7) is -0.163. The first-order valence-corrected chi connectivity index (χ1v) is 9.66. The molecule has 0 fully saturated rings. The molecular formula is C21H19FN2O2S. The van der Waals surface area contributed by atoms with E-state index in [0.717, 1.165) is 21.9 Å². The largest absolute Gasteiger partial charge is 0.384 e. The van der Waals surface area contributed by atoms with Gasteiger partial charge in [0.15, 0.2) is 0 Å². The highest BCUT2D eigenvalue weighted by Crippen LogP contribution is 2.32. The van der Waals surface area contributed by atoms with E-state index in [4.69, 9.17) is 4.74 Å². The first kappa shape index (κ1) is 17.8. The maximum Gasteiger partial charge on any atom is 0.262 e. The Morgan fingerprint density at radius 2 is 2.00 bits per heavy atom. The first-order chi connectivity index (χ1) is 13.2. The fourth-order valence-corrected chi connectivity index (χ4v) is 4.29. The van der Waals surface area contributed by atoms with Crippen LogP contribution in [0.15, 0.2) is 52.6 Å². The number of benzene rings is 2. The van der Waals surface area contributed by atoms with Crippen molar-refractivity contribution in [3.05, 3.63) is 64.0 Å². The molecule has 2 heterocycles. The molecule has 0 spiro atoms. The van der Waals surface area contributed by atoms with Gasteiger partial charge in [-0.3, -0.25) is 9.36 Å². The number of nitrogens with zero attached hydrogens (tertiary/aromatic N) is 2. The maximum absolute atomic E-state index is 13.1. The molecule has 0 aliphatic carbocycles. The van der Waals surface area contributed by atoms with Crippen molar-refractivity contribution >= 4 is 32.3 Å². The van der Waals surface area contributed by atoms with Crippen molar-refractivity contribution in [1.82, 2.24) is 9.55 Å². The Bertz CT molecular complexity index is 1170. The zero-order valence-corrected chi connectivity index (χ0v) is 15.8. The summed E-state index contributed by atoms with van der Waals surface area (Å²) < 4.78 is 19.6. The fourth-order valence-electron chi connectivity index (χ4n) is 3.34. The van der Waals surface area contributed by atoms with Gasteiger partial charge in [0, 0.05) is 24.5 Å². The number of alkyl halides is 1. The Hall–Kier alpha value is -2.57. The summed E-state index contributed by atoms with van der Waals surface area (Å²) in [6, 6.07) is 14.3. The van der Waals surface area contributed by atoms with Gasteiger partial charge in [0.1, 0.15) is 17.3 Å². The molecule has 0 atom stereocenters. The molecule has 0 radical (unpaired) electrons. The number of hydrogen-bond acceptors (Lipinski definition) is 4. The third-order valence-electron chi connectivity index (χ3n) is 4.67. The van der Waals surface area contributed by atoms with Crippen molar-refractivity contribution in [2.75, 3.05) is 20.4 Å². The van der Waals surface area contributed by atoms with Crippen molar-refractivity contribution in [2.24, 2.45) is 0 Å². The minimum atomic E-state index is -0.609. The van der Waals surface area contributed by atoms with Gasteiger partial charge in [-0.15, -0.1) is 11.3 Å². The topological polar surface area (TPSA) is 44.1 Å². The molecule has 0 saturated heterocycles. The van der Waals surface area contributed by atoms with Gasteiger partial charge in [-0.05, 0) is 22.4 Å². The smallest absolute Gasteiger partial charge is 0.262 e. The molecule has 6 heteroatoms. The van der Waals surface area contributed by atoms with Crippen molar-refractivity contribution in [3.8, 4) is 11.1 Å². The number of fused-ring (bicyclic) bond motifs is 2. The SMILES string of the molecule is COCCc1nc2scc(-c3ccc4ccccc4c3)c2c(=O)n1CCF. The molecule has 2 aromatic carbocycles. The first-order valence-electron chi connectivity index (χ1n) is 8.78. The van der Waals surface area contributed by atoms with Gasteiger partial charge < -0.3 is 4.74 Å². The van der Waals surface area contributed by atoms with Crippen LogP contribution in [0.1, 0.15) is 5.82 Å². The molecule has 0 aliphatic heterocycles. The minimum absolute atomic E-state index is 0.00777. The van der Waals surface area contributed by atoms with E-state index in [1.54, 1.807) is 7.11 Å². The normalized spacial score (nSPS) is 11.5. The van der Waals surface area contributed by atoms with Crippen LogP contribution in [0.25, 0.3) is 32.1 Å². The van der Waals surface area contributed by atoms with Crippen molar-refractivity contribution in [1.29, 1.82) is 0 Å². The summed E-state index contributed by atoms with van der Waals surface area (Å²) in [5.41, 5.74) is 1.63. The second kappa shape index (κ2) is 7.58. The average Bonchev–Trinajstić information content (AvgIpc) is 3.12. The molecule has 0 saturated carbocycles. The lowest BCUT2D eigenvalue weighted by Gasteiger charge is -2.11. The van der Waals surface area contributed by atoms with Crippen LogP contribution in [0.3, 0.4) is 0 Å². The van der Waals surface area contributed by atoms with Crippen LogP contribution in [0.5, 0.6) is 0 Å². The lowest BCUT2D eigenvalue weighted by atomic mass is 10.0. The summed E-state index contributed by atoms with van der Waals surface area (Å²) in [6.07, 6.45) is 0.477. The average molecular weight is 382 g/mol. The van der Waals surface area contributed by atoms with E-state index in [0.29, 0.717) is 29.1 Å². The predicted molar refractivity (Wildman–Crippen MR) is 108 cm³/mol. The summed E-state index contributed by atoms with van der Waals surface area (Å²) in [4.78, 5) is 18.5. The van der Waals surface area contributed by atoms with Crippen LogP contribution in [-0.2, 0) is 17.7 Å². The van der Waals surface area contributed by atoms with Gasteiger partial charge in [0.05, 0.1) is 18.5 Å². The Morgan fingerprint density at radius 3 is 2.78 bits per heavy atom. The van der Waals surface area contributed by atoms with E-state index in [2.05, 4.69) is 29.2 Å². The molecule has 0 bridgehead atoms. The maximum atomic E-state index is 13.1. The van der Waals surface area contributed by atoms with Gasteiger partial charge in [0.2, 0.25) is 0 Å². The van der Waals surface area contributed by atoms with E-state index in [1.807, 2.05) is 23.6 Å². The number of aromatic nitrogens is 2. The standard InChI is InChI=1S/C21H19FN2O2S/c1-26-11-8-18-23-20-19(21(25)24(18)10-9-22)17(13-27-20)16-7-6-14-4-2-3-5-15(14)12-16/h2-7,12-13H,8-11H2,1H3. The number of methoxy groups -OCH3 is 1. The molecule has 4 nitrogen and oxygen atoms in total. The molecule has 0 unspecified atom stereocenters. The van der Waals surface area contributed by atoms with Crippen molar-refractivity contribution in [2.45, 2.75) is 13.0 Å². The molecule has 0 amide bonds. The van der Waals surface area contributed by atoms with Crippen molar-refractivity contribution < 1.29 is 9.13 Å². The lowest BCUT2D eigenvalue weighted by Crippen LogP contribution is -2.26. The quantitative estimate of drug-likeness (QED) is 0.495. The second-order valence-electron chi connectivity index (χ2n) is 6.31. The van der Waals surface area contributed by atoms with Crippen LogP contribution in [0.2, 0.25) is 0 Å². The number of rotatable bonds is 6. The zero-order valence-electron chi connectivity index (χ0n) is 14.9. The summed E-state index contributed by atoms with van der Waals surface area (Å²) in [5, 5.41) is 4.78. The second-order valence-corrected chi connectivity index (χ2v) is 7.17. The molecule has 0 aliphatic rings. The number of halogens is 1. The molecule has 4 aromatic rings. The summed E-state index contributed by atoms with van der Waals surface area (Å²) >= 11 is 1.44. The van der Waals surface area contributed by atoms with E-state index >= 15 is 0 Å². The van der Waals surface area contributed by atoms with E-state index in [-0.39, 0.29) is 12.1 Å². The predicted octanol–water partition coefficient (Wildman–Crippen LogP) is 4.44. The lowest BCUT2D eigenvalue weighted by molar-refractivity contribution is 0.199. The summed E-state index contributed by atoms with van der Waals surface area (Å²) in [7, 11) is 1.60. The zero-order chi connectivity index (χ0) is 18.8. The highest BCUT2D eigenvalue weighted by atomic mass is 32.1. The van der Waals surface area contributed by atoms with Crippen LogP contribution in [0.4, 0.5) is 4.39 Å². The Labute approximate surface area is 159 Å². The highest BCUT2D eigenvalue weighted by molar-refractivity contribution is 7.17. The third-order valence-corrected chi connectivity index (χ3v) is 5.54. The van der Waals surface area contributed by atoms with Crippen LogP contribution < -0.4 is 5.56 Å². The van der Waals surface area contributed by atoms with Gasteiger partial charge in [-0.2, -0.15) is 0 Å². The van der Waals surface area contributed by atoms with E-state index in [1.165, 1.54) is 15.9 Å². The molecule has 0 N–H and O–H groups in total. The number of hydrogen-bond donors (Lipinski definition) is 0. The highest BCUT2D eigenvalue weighted by Gasteiger charge is 2.17. The van der Waals surface area contributed by atoms with E-state index in [9.17, 15) is 9.18 Å². The Kier molecular flexibility index (Phi) is 5.01. The van der Waals surface area contributed by atoms with Gasteiger partial charge in [0.25, 0.3) is 5.56 Å². The Balaban J connectivity index is 1.91.